The lowest BCUT2D eigenvalue weighted by molar-refractivity contribution is -0.140. The summed E-state index contributed by atoms with van der Waals surface area (Å²) in [5, 5.41) is 17.4. The average molecular weight is 544 g/mol. The van der Waals surface area contributed by atoms with Gasteiger partial charge in [-0.2, -0.15) is 0 Å². The number of hydrogen-bond acceptors (Lipinski definition) is 5. The monoisotopic (exact) mass is 543 g/mol. The van der Waals surface area contributed by atoms with Crippen LogP contribution in [0.25, 0.3) is 10.8 Å². The van der Waals surface area contributed by atoms with Gasteiger partial charge in [-0.05, 0) is 42.2 Å². The Labute approximate surface area is 212 Å². The summed E-state index contributed by atoms with van der Waals surface area (Å²) in [6, 6.07) is 12.7. The molecule has 3 amide bonds. The number of aliphatic hydroxyl groups is 1. The molecule has 5 rings (SSSR count). The zero-order valence-electron chi connectivity index (χ0n) is 19.6. The van der Waals surface area contributed by atoms with E-state index in [-0.39, 0.29) is 35.7 Å². The number of likely N-dealkylation sites (tertiary alicyclic amines) is 1. The first kappa shape index (κ1) is 24.2. The van der Waals surface area contributed by atoms with Gasteiger partial charge in [0, 0.05) is 30.2 Å². The topological polar surface area (TPSA) is 108 Å². The summed E-state index contributed by atoms with van der Waals surface area (Å²) in [6.45, 7) is 2.60. The van der Waals surface area contributed by atoms with Crippen LogP contribution in [0.3, 0.4) is 0 Å². The Morgan fingerprint density at radius 2 is 1.97 bits per heavy atom. The fourth-order valence-electron chi connectivity index (χ4n) is 6.05. The Balaban J connectivity index is 1.48. The van der Waals surface area contributed by atoms with Gasteiger partial charge in [-0.1, -0.05) is 53.2 Å². The lowest BCUT2D eigenvalue weighted by Crippen LogP contribution is -2.54. The van der Waals surface area contributed by atoms with Crippen LogP contribution >= 0.6 is 15.9 Å². The zero-order chi connectivity index (χ0) is 24.7. The Hall–Kier alpha value is -2.49. The number of nitrogens with one attached hydrogen (secondary N) is 2. The second-order valence-corrected chi connectivity index (χ2v) is 10.8. The van der Waals surface area contributed by atoms with Gasteiger partial charge < -0.3 is 25.4 Å². The van der Waals surface area contributed by atoms with Crippen LogP contribution in [-0.2, 0) is 19.1 Å². The fourth-order valence-corrected chi connectivity index (χ4v) is 7.00. The predicted octanol–water partition coefficient (Wildman–Crippen LogP) is 2.43. The first-order valence-electron chi connectivity index (χ1n) is 12.2. The number of halogens is 1. The molecule has 8 nitrogen and oxygen atoms in total. The van der Waals surface area contributed by atoms with E-state index in [1.807, 2.05) is 49.4 Å². The van der Waals surface area contributed by atoms with Crippen molar-refractivity contribution in [2.45, 2.75) is 48.8 Å². The lowest BCUT2D eigenvalue weighted by atomic mass is 9.70. The third kappa shape index (κ3) is 3.93. The number of ether oxygens (including phenoxy) is 1. The van der Waals surface area contributed by atoms with E-state index in [2.05, 4.69) is 26.6 Å². The smallest absolute Gasteiger partial charge is 0.250 e. The molecule has 2 aromatic rings. The van der Waals surface area contributed by atoms with Crippen molar-refractivity contribution in [3.8, 4) is 0 Å². The van der Waals surface area contributed by atoms with E-state index in [1.165, 1.54) is 4.90 Å². The molecule has 9 heteroatoms. The maximum Gasteiger partial charge on any atom is 0.250 e. The van der Waals surface area contributed by atoms with Gasteiger partial charge in [0.1, 0.15) is 11.6 Å². The van der Waals surface area contributed by atoms with Gasteiger partial charge in [0.25, 0.3) is 0 Å². The van der Waals surface area contributed by atoms with Gasteiger partial charge in [-0.25, -0.2) is 0 Å². The Morgan fingerprint density at radius 1 is 1.20 bits per heavy atom. The molecule has 3 aliphatic rings. The van der Waals surface area contributed by atoms with Crippen molar-refractivity contribution in [3.63, 3.8) is 0 Å². The van der Waals surface area contributed by atoms with Crippen molar-refractivity contribution >= 4 is 50.1 Å². The molecule has 3 heterocycles. The number of amides is 3. The van der Waals surface area contributed by atoms with Crippen molar-refractivity contribution in [3.05, 3.63) is 42.5 Å². The molecular formula is C26H30BrN3O5. The molecule has 2 bridgehead atoms. The summed E-state index contributed by atoms with van der Waals surface area (Å²) in [5.41, 5.74) is -0.469. The van der Waals surface area contributed by atoms with Gasteiger partial charge in [0.05, 0.1) is 17.9 Å². The fraction of sp³-hybridized carbons (Fsp3) is 0.500. The minimum absolute atomic E-state index is 0.106. The number of hydrogen-bond donors (Lipinski definition) is 3. The molecule has 0 saturated carbocycles. The molecule has 3 N–H and O–H groups in total. The second kappa shape index (κ2) is 9.52. The summed E-state index contributed by atoms with van der Waals surface area (Å²) in [5.74, 6) is -2.20. The minimum Gasteiger partial charge on any atom is -0.396 e. The number of anilines is 1. The van der Waals surface area contributed by atoms with E-state index in [0.717, 1.165) is 17.2 Å². The number of fused-ring (bicyclic) bond motifs is 2. The number of benzene rings is 2. The highest BCUT2D eigenvalue weighted by Crippen LogP contribution is 2.60. The van der Waals surface area contributed by atoms with E-state index in [1.54, 1.807) is 0 Å². The van der Waals surface area contributed by atoms with Gasteiger partial charge in [-0.15, -0.1) is 0 Å². The summed E-state index contributed by atoms with van der Waals surface area (Å²) in [4.78, 5) is 42.0. The summed E-state index contributed by atoms with van der Waals surface area (Å²) >= 11 is 3.66. The van der Waals surface area contributed by atoms with Crippen molar-refractivity contribution < 1.29 is 24.2 Å². The number of nitrogens with zero attached hydrogens (tertiary/aromatic N) is 1. The Bertz CT molecular complexity index is 1160. The highest BCUT2D eigenvalue weighted by Gasteiger charge is 2.76. The van der Waals surface area contributed by atoms with Crippen molar-refractivity contribution in [1.82, 2.24) is 10.2 Å². The number of aliphatic hydroxyl groups excluding tert-OH is 1. The minimum atomic E-state index is -1.10. The highest BCUT2D eigenvalue weighted by atomic mass is 79.9. The number of rotatable bonds is 8. The van der Waals surface area contributed by atoms with Gasteiger partial charge in [-0.3, -0.25) is 14.4 Å². The van der Waals surface area contributed by atoms with E-state index in [4.69, 9.17) is 4.74 Å². The van der Waals surface area contributed by atoms with Crippen molar-refractivity contribution in [1.29, 1.82) is 0 Å². The van der Waals surface area contributed by atoms with Gasteiger partial charge in [0.15, 0.2) is 0 Å². The maximum absolute atomic E-state index is 13.8. The van der Waals surface area contributed by atoms with Crippen LogP contribution in [-0.4, -0.2) is 70.0 Å². The molecule has 3 saturated heterocycles. The molecule has 2 aromatic carbocycles. The standard InChI is InChI=1S/C26H30BrN3O5/c1-2-10-28-23(32)19-20-25(34)30(11-5-12-31)22(26(20)14-18(27)21(19)35-26)24(33)29-17-9-8-15-6-3-4-7-16(15)13-17/h3-4,6-9,13,18-22,31H,2,5,10-12,14H2,1H3,(H,28,32)(H,29,33)/t18?,19-,20-,21-,22?,26?/m0/s1. The molecule has 3 aliphatic heterocycles. The number of alkyl halides is 1. The van der Waals surface area contributed by atoms with Crippen LogP contribution in [0.5, 0.6) is 0 Å². The zero-order valence-corrected chi connectivity index (χ0v) is 21.2. The molecule has 1 spiro atoms. The molecule has 35 heavy (non-hydrogen) atoms. The second-order valence-electron chi connectivity index (χ2n) is 9.61. The largest absolute Gasteiger partial charge is 0.396 e. The van der Waals surface area contributed by atoms with Gasteiger partial charge in [0.2, 0.25) is 17.7 Å². The first-order chi connectivity index (χ1) is 16.9. The highest BCUT2D eigenvalue weighted by molar-refractivity contribution is 9.09. The number of carbonyl (C=O) groups excluding carboxylic acids is 3. The van der Waals surface area contributed by atoms with Crippen LogP contribution in [0.1, 0.15) is 26.2 Å². The van der Waals surface area contributed by atoms with E-state index in [9.17, 15) is 19.5 Å². The van der Waals surface area contributed by atoms with E-state index >= 15 is 0 Å². The number of carbonyl (C=O) groups is 3. The Morgan fingerprint density at radius 3 is 2.71 bits per heavy atom. The van der Waals surface area contributed by atoms with Crippen molar-refractivity contribution in [2.75, 3.05) is 25.0 Å². The maximum atomic E-state index is 13.8. The quantitative estimate of drug-likeness (QED) is 0.443. The average Bonchev–Trinajstić information content (AvgIpc) is 3.44. The predicted molar refractivity (Wildman–Crippen MR) is 135 cm³/mol. The molecule has 186 valence electrons. The van der Waals surface area contributed by atoms with Crippen LogP contribution in [0, 0.1) is 11.8 Å². The molecule has 3 unspecified atom stereocenters. The van der Waals surface area contributed by atoms with E-state index in [0.29, 0.717) is 25.1 Å². The normalized spacial score (nSPS) is 31.1. The van der Waals surface area contributed by atoms with Gasteiger partial charge >= 0.3 is 0 Å². The first-order valence-corrected chi connectivity index (χ1v) is 13.1. The third-order valence-electron chi connectivity index (χ3n) is 7.46. The molecule has 6 atom stereocenters. The molecule has 0 aromatic heterocycles. The molecule has 0 aliphatic carbocycles. The van der Waals surface area contributed by atoms with Crippen LogP contribution in [0.2, 0.25) is 0 Å². The molecule has 3 fully saturated rings. The Kier molecular flexibility index (Phi) is 6.59. The molecule has 0 radical (unpaired) electrons. The summed E-state index contributed by atoms with van der Waals surface area (Å²) in [6.07, 6.45) is 1.10. The van der Waals surface area contributed by atoms with Crippen molar-refractivity contribution in [2.24, 2.45) is 11.8 Å². The van der Waals surface area contributed by atoms with Crippen LogP contribution < -0.4 is 10.6 Å². The summed E-state index contributed by atoms with van der Waals surface area (Å²) in [7, 11) is 0. The third-order valence-corrected chi connectivity index (χ3v) is 8.31. The summed E-state index contributed by atoms with van der Waals surface area (Å²) < 4.78 is 6.44. The molecular weight excluding hydrogens is 514 g/mol. The van der Waals surface area contributed by atoms with E-state index < -0.39 is 29.6 Å². The SMILES string of the molecule is CCCNC(=O)[C@H]1[C@H]2C(=O)N(CCCO)C(C(=O)Nc3ccc4ccccc4c3)C23CC(Br)[C@@H]1O3. The van der Waals surface area contributed by atoms with Crippen LogP contribution in [0.4, 0.5) is 5.69 Å². The van der Waals surface area contributed by atoms with Crippen LogP contribution in [0.15, 0.2) is 42.5 Å². The lowest BCUT2D eigenvalue weighted by Gasteiger charge is -2.34.